The van der Waals surface area contributed by atoms with E-state index in [1.165, 1.54) is 19.3 Å². The average Bonchev–Trinajstić information content (AvgIpc) is 2.76. The summed E-state index contributed by atoms with van der Waals surface area (Å²) in [5.74, 6) is 2.65. The molecule has 0 amide bonds. The van der Waals surface area contributed by atoms with E-state index < -0.39 is 10.0 Å². The molecule has 0 aliphatic carbocycles. The van der Waals surface area contributed by atoms with Crippen molar-refractivity contribution in [1.29, 1.82) is 0 Å². The van der Waals surface area contributed by atoms with Crippen LogP contribution in [0, 0.1) is 20.8 Å². The van der Waals surface area contributed by atoms with Crippen molar-refractivity contribution < 1.29 is 8.42 Å². The molecule has 2 fully saturated rings. The molecule has 0 atom stereocenters. The molecule has 2 aliphatic rings. The van der Waals surface area contributed by atoms with Crippen LogP contribution in [0.15, 0.2) is 29.2 Å². The van der Waals surface area contributed by atoms with Crippen LogP contribution in [0.5, 0.6) is 0 Å². The lowest BCUT2D eigenvalue weighted by Crippen LogP contribution is -2.49. The molecule has 4 rings (SSSR count). The Bertz CT molecular complexity index is 1010. The minimum Gasteiger partial charge on any atom is -0.356 e. The molecule has 0 unspecified atom stereocenters. The monoisotopic (exact) mass is 429 g/mol. The number of aromatic nitrogens is 2. The van der Waals surface area contributed by atoms with Gasteiger partial charge in [-0.25, -0.2) is 18.4 Å². The lowest BCUT2D eigenvalue weighted by molar-refractivity contribution is 0.383. The largest absolute Gasteiger partial charge is 0.356 e. The predicted octanol–water partition coefficient (Wildman–Crippen LogP) is 2.90. The number of nitrogens with zero attached hydrogens (tertiary/aromatic N) is 5. The fourth-order valence-corrected chi connectivity index (χ4v) is 5.67. The summed E-state index contributed by atoms with van der Waals surface area (Å²) < 4.78 is 27.8. The number of hydrogen-bond acceptors (Lipinski definition) is 6. The molecule has 2 saturated heterocycles. The highest BCUT2D eigenvalue weighted by molar-refractivity contribution is 7.89. The molecule has 2 aliphatic heterocycles. The number of aryl methyl sites for hydroxylation is 3. The molecule has 0 spiro atoms. The molecule has 2 aromatic rings. The first-order chi connectivity index (χ1) is 14.3. The molecule has 0 bridgehead atoms. The molecular weight excluding hydrogens is 398 g/mol. The van der Waals surface area contributed by atoms with Crippen LogP contribution in [-0.4, -0.2) is 62.0 Å². The van der Waals surface area contributed by atoms with Gasteiger partial charge in [0.1, 0.15) is 17.5 Å². The summed E-state index contributed by atoms with van der Waals surface area (Å²) in [6, 6.07) is 7.43. The van der Waals surface area contributed by atoms with Crippen molar-refractivity contribution in [1.82, 2.24) is 14.3 Å². The Hall–Kier alpha value is -2.19. The predicted molar refractivity (Wildman–Crippen MR) is 120 cm³/mol. The first-order valence-corrected chi connectivity index (χ1v) is 12.2. The molecule has 8 heteroatoms. The van der Waals surface area contributed by atoms with Crippen molar-refractivity contribution in [3.63, 3.8) is 0 Å². The van der Waals surface area contributed by atoms with Gasteiger partial charge >= 0.3 is 0 Å². The van der Waals surface area contributed by atoms with Gasteiger partial charge in [0.2, 0.25) is 10.0 Å². The second-order valence-corrected chi connectivity index (χ2v) is 10.3. The summed E-state index contributed by atoms with van der Waals surface area (Å²) in [4.78, 5) is 14.2. The van der Waals surface area contributed by atoms with Gasteiger partial charge in [0.05, 0.1) is 4.90 Å². The van der Waals surface area contributed by atoms with Crippen LogP contribution < -0.4 is 9.80 Å². The number of piperazine rings is 1. The van der Waals surface area contributed by atoms with Gasteiger partial charge in [0.25, 0.3) is 0 Å². The van der Waals surface area contributed by atoms with Gasteiger partial charge < -0.3 is 9.80 Å². The lowest BCUT2D eigenvalue weighted by atomic mass is 10.1. The zero-order valence-electron chi connectivity index (χ0n) is 18.1. The van der Waals surface area contributed by atoms with E-state index in [9.17, 15) is 8.42 Å². The van der Waals surface area contributed by atoms with Crippen molar-refractivity contribution in [3.8, 4) is 0 Å². The maximum Gasteiger partial charge on any atom is 0.243 e. The molecule has 1 aromatic heterocycles. The number of piperidine rings is 1. The lowest BCUT2D eigenvalue weighted by Gasteiger charge is -2.35. The molecule has 30 heavy (non-hydrogen) atoms. The number of anilines is 2. The standard InChI is InChI=1S/C22H31N5O2S/c1-17-7-8-20(15-18(17)2)30(28,29)27-13-11-26(12-14-27)22-16-21(23-19(3)24-22)25-9-5-4-6-10-25/h7-8,15-16H,4-6,9-14H2,1-3H3. The second-order valence-electron chi connectivity index (χ2n) is 8.32. The highest BCUT2D eigenvalue weighted by Crippen LogP contribution is 2.25. The zero-order valence-corrected chi connectivity index (χ0v) is 19.0. The first kappa shape index (κ1) is 21.1. The van der Waals surface area contributed by atoms with E-state index in [1.807, 2.05) is 26.8 Å². The highest BCUT2D eigenvalue weighted by atomic mass is 32.2. The third kappa shape index (κ3) is 4.30. The maximum absolute atomic E-state index is 13.1. The second kappa shape index (κ2) is 8.51. The fourth-order valence-electron chi connectivity index (χ4n) is 4.16. The molecule has 162 valence electrons. The van der Waals surface area contributed by atoms with Crippen LogP contribution in [0.25, 0.3) is 0 Å². The fraction of sp³-hybridized carbons (Fsp3) is 0.545. The molecule has 0 saturated carbocycles. The highest BCUT2D eigenvalue weighted by Gasteiger charge is 2.29. The van der Waals surface area contributed by atoms with E-state index in [2.05, 4.69) is 25.8 Å². The summed E-state index contributed by atoms with van der Waals surface area (Å²) in [5, 5.41) is 0. The van der Waals surface area contributed by atoms with Gasteiger partial charge in [-0.1, -0.05) is 6.07 Å². The Balaban J connectivity index is 1.48. The molecule has 1 aromatic carbocycles. The SMILES string of the molecule is Cc1nc(N2CCCCC2)cc(N2CCN(S(=O)(=O)c3ccc(C)c(C)c3)CC2)n1. The van der Waals surface area contributed by atoms with Crippen molar-refractivity contribution in [3.05, 3.63) is 41.2 Å². The topological polar surface area (TPSA) is 69.6 Å². The van der Waals surface area contributed by atoms with E-state index in [0.717, 1.165) is 41.7 Å². The zero-order chi connectivity index (χ0) is 21.3. The minimum atomic E-state index is -3.47. The van der Waals surface area contributed by atoms with Crippen LogP contribution >= 0.6 is 0 Å². The first-order valence-electron chi connectivity index (χ1n) is 10.8. The Morgan fingerprint density at radius 2 is 1.33 bits per heavy atom. The van der Waals surface area contributed by atoms with Gasteiger partial charge in [-0.15, -0.1) is 0 Å². The van der Waals surface area contributed by atoms with Gasteiger partial charge in [-0.2, -0.15) is 4.31 Å². The van der Waals surface area contributed by atoms with Gasteiger partial charge in [0.15, 0.2) is 0 Å². The van der Waals surface area contributed by atoms with Gasteiger partial charge in [0, 0.05) is 45.3 Å². The third-order valence-corrected chi connectivity index (χ3v) is 8.06. The summed E-state index contributed by atoms with van der Waals surface area (Å²) in [7, 11) is -3.47. The van der Waals surface area contributed by atoms with Crippen molar-refractivity contribution in [2.24, 2.45) is 0 Å². The van der Waals surface area contributed by atoms with E-state index in [4.69, 9.17) is 0 Å². The molecule has 7 nitrogen and oxygen atoms in total. The number of sulfonamides is 1. The summed E-state index contributed by atoms with van der Waals surface area (Å²) in [6.07, 6.45) is 3.69. The average molecular weight is 430 g/mol. The molecule has 0 N–H and O–H groups in total. The van der Waals surface area contributed by atoms with Crippen LogP contribution in [0.2, 0.25) is 0 Å². The normalized spacial score (nSPS) is 18.6. The molecular formula is C22H31N5O2S. The minimum absolute atomic E-state index is 0.379. The Labute approximate surface area is 179 Å². The Kier molecular flexibility index (Phi) is 5.97. The summed E-state index contributed by atoms with van der Waals surface area (Å²) >= 11 is 0. The van der Waals surface area contributed by atoms with Crippen molar-refractivity contribution in [2.45, 2.75) is 44.9 Å². The van der Waals surface area contributed by atoms with Gasteiger partial charge in [-0.05, 0) is 63.3 Å². The van der Waals surface area contributed by atoms with E-state index in [1.54, 1.807) is 16.4 Å². The summed E-state index contributed by atoms with van der Waals surface area (Å²) in [5.41, 5.74) is 2.10. The van der Waals surface area contributed by atoms with Crippen molar-refractivity contribution in [2.75, 3.05) is 49.1 Å². The Morgan fingerprint density at radius 1 is 0.733 bits per heavy atom. The number of hydrogen-bond donors (Lipinski definition) is 0. The van der Waals surface area contributed by atoms with Crippen LogP contribution in [0.4, 0.5) is 11.6 Å². The number of benzene rings is 1. The number of rotatable bonds is 4. The third-order valence-electron chi connectivity index (χ3n) is 6.17. The Morgan fingerprint density at radius 3 is 1.93 bits per heavy atom. The molecule has 3 heterocycles. The van der Waals surface area contributed by atoms with E-state index in [-0.39, 0.29) is 0 Å². The van der Waals surface area contributed by atoms with Crippen LogP contribution in [0.3, 0.4) is 0 Å². The van der Waals surface area contributed by atoms with E-state index in [0.29, 0.717) is 31.1 Å². The van der Waals surface area contributed by atoms with Crippen LogP contribution in [0.1, 0.15) is 36.2 Å². The van der Waals surface area contributed by atoms with Crippen molar-refractivity contribution >= 4 is 21.7 Å². The maximum atomic E-state index is 13.1. The van der Waals surface area contributed by atoms with Crippen LogP contribution in [-0.2, 0) is 10.0 Å². The molecule has 0 radical (unpaired) electrons. The van der Waals surface area contributed by atoms with E-state index >= 15 is 0 Å². The smallest absolute Gasteiger partial charge is 0.243 e. The summed E-state index contributed by atoms with van der Waals surface area (Å²) in [6.45, 7) is 10.1. The van der Waals surface area contributed by atoms with Gasteiger partial charge in [-0.3, -0.25) is 0 Å². The quantitative estimate of drug-likeness (QED) is 0.744.